The average Bonchev–Trinajstić information content (AvgIpc) is 3.02. The van der Waals surface area contributed by atoms with Gasteiger partial charge in [0.1, 0.15) is 0 Å². The van der Waals surface area contributed by atoms with Crippen molar-refractivity contribution in [1.29, 1.82) is 0 Å². The molecule has 0 unspecified atom stereocenters. The van der Waals surface area contributed by atoms with E-state index < -0.39 is 5.41 Å². The third kappa shape index (κ3) is 1.90. The predicted octanol–water partition coefficient (Wildman–Crippen LogP) is 1.96. The molecule has 0 spiro atoms. The van der Waals surface area contributed by atoms with E-state index in [0.29, 0.717) is 6.42 Å². The van der Waals surface area contributed by atoms with Gasteiger partial charge in [-0.05, 0) is 24.8 Å². The molecular weight excluding hydrogens is 254 g/mol. The molecule has 1 aliphatic heterocycles. The second-order valence-corrected chi connectivity index (χ2v) is 5.63. The number of esters is 1. The van der Waals surface area contributed by atoms with E-state index in [1.54, 1.807) is 0 Å². The largest absolute Gasteiger partial charge is 0.468 e. The molecule has 1 saturated carbocycles. The smallest absolute Gasteiger partial charge is 0.322 e. The minimum Gasteiger partial charge on any atom is -0.468 e. The summed E-state index contributed by atoms with van der Waals surface area (Å²) in [5, 5.41) is 0. The van der Waals surface area contributed by atoms with Gasteiger partial charge in [-0.1, -0.05) is 30.3 Å². The maximum absolute atomic E-state index is 12.7. The molecule has 0 radical (unpaired) electrons. The number of hydrogen-bond donors (Lipinski definition) is 0. The molecule has 1 aromatic carbocycles. The van der Waals surface area contributed by atoms with E-state index >= 15 is 0 Å². The van der Waals surface area contributed by atoms with Gasteiger partial charge in [0.15, 0.2) is 5.41 Å². The lowest BCUT2D eigenvalue weighted by Gasteiger charge is -2.22. The van der Waals surface area contributed by atoms with Crippen LogP contribution in [0.3, 0.4) is 0 Å². The number of methoxy groups -OCH3 is 1. The highest BCUT2D eigenvalue weighted by Crippen LogP contribution is 2.61. The molecule has 1 saturated heterocycles. The van der Waals surface area contributed by atoms with E-state index in [2.05, 4.69) is 0 Å². The fraction of sp³-hybridized carbons (Fsp3) is 0.500. The Balaban J connectivity index is 1.88. The van der Waals surface area contributed by atoms with Crippen molar-refractivity contribution in [3.8, 4) is 0 Å². The van der Waals surface area contributed by atoms with Gasteiger partial charge in [-0.2, -0.15) is 0 Å². The van der Waals surface area contributed by atoms with Crippen LogP contribution in [-0.4, -0.2) is 37.0 Å². The Kier molecular flexibility index (Phi) is 3.24. The average molecular weight is 273 g/mol. The topological polar surface area (TPSA) is 46.6 Å². The highest BCUT2D eigenvalue weighted by molar-refractivity contribution is 6.07. The molecule has 4 nitrogen and oxygen atoms in total. The first-order valence-corrected chi connectivity index (χ1v) is 7.13. The number of carbonyl (C=O) groups excluding carboxylic acids is 2. The fourth-order valence-corrected chi connectivity index (χ4v) is 3.28. The predicted molar refractivity (Wildman–Crippen MR) is 74.1 cm³/mol. The zero-order chi connectivity index (χ0) is 14.2. The van der Waals surface area contributed by atoms with Gasteiger partial charge in [-0.25, -0.2) is 0 Å². The molecule has 2 fully saturated rings. The molecule has 4 heteroatoms. The molecule has 1 heterocycles. The first kappa shape index (κ1) is 13.2. The van der Waals surface area contributed by atoms with Gasteiger partial charge in [0.2, 0.25) is 5.91 Å². The standard InChI is InChI=1S/C16H19NO3/c1-20-15(19)16(14(18)17-9-5-6-10-17)11-13(16)12-7-3-2-4-8-12/h2-4,7-8,13H,5-6,9-11H2,1H3/t13-,16-/m1/s1. The van der Waals surface area contributed by atoms with Crippen molar-refractivity contribution in [2.75, 3.05) is 20.2 Å². The summed E-state index contributed by atoms with van der Waals surface area (Å²) >= 11 is 0. The second kappa shape index (κ2) is 4.93. The van der Waals surface area contributed by atoms with Crippen LogP contribution in [0.4, 0.5) is 0 Å². The summed E-state index contributed by atoms with van der Waals surface area (Å²) in [5.41, 5.74) is 0.0749. The summed E-state index contributed by atoms with van der Waals surface area (Å²) in [4.78, 5) is 26.8. The molecule has 0 N–H and O–H groups in total. The van der Waals surface area contributed by atoms with E-state index in [9.17, 15) is 9.59 Å². The first-order chi connectivity index (χ1) is 9.70. The Labute approximate surface area is 118 Å². The Morgan fingerprint density at radius 2 is 1.85 bits per heavy atom. The van der Waals surface area contributed by atoms with E-state index in [1.165, 1.54) is 7.11 Å². The van der Waals surface area contributed by atoms with Gasteiger partial charge in [-0.15, -0.1) is 0 Å². The van der Waals surface area contributed by atoms with Crippen LogP contribution in [0.15, 0.2) is 30.3 Å². The van der Waals surface area contributed by atoms with Crippen molar-refractivity contribution < 1.29 is 14.3 Å². The molecule has 106 valence electrons. The molecule has 0 aromatic heterocycles. The fourth-order valence-electron chi connectivity index (χ4n) is 3.28. The summed E-state index contributed by atoms with van der Waals surface area (Å²) in [6.07, 6.45) is 2.62. The number of likely N-dealkylation sites (tertiary alicyclic amines) is 1. The maximum atomic E-state index is 12.7. The Morgan fingerprint density at radius 3 is 2.45 bits per heavy atom. The number of benzene rings is 1. The molecule has 0 bridgehead atoms. The summed E-state index contributed by atoms with van der Waals surface area (Å²) in [7, 11) is 1.36. The zero-order valence-corrected chi connectivity index (χ0v) is 11.7. The van der Waals surface area contributed by atoms with Crippen LogP contribution in [0.25, 0.3) is 0 Å². The quantitative estimate of drug-likeness (QED) is 0.624. The molecule has 1 aliphatic carbocycles. The summed E-state index contributed by atoms with van der Waals surface area (Å²) < 4.78 is 4.92. The third-order valence-corrected chi connectivity index (χ3v) is 4.49. The number of ether oxygens (including phenoxy) is 1. The molecule has 20 heavy (non-hydrogen) atoms. The number of amides is 1. The van der Waals surface area contributed by atoms with E-state index in [4.69, 9.17) is 4.74 Å². The van der Waals surface area contributed by atoms with Crippen molar-refractivity contribution in [2.45, 2.75) is 25.2 Å². The van der Waals surface area contributed by atoms with Gasteiger partial charge < -0.3 is 9.64 Å². The lowest BCUT2D eigenvalue weighted by atomic mass is 9.97. The Morgan fingerprint density at radius 1 is 1.20 bits per heavy atom. The van der Waals surface area contributed by atoms with Gasteiger partial charge in [-0.3, -0.25) is 9.59 Å². The van der Waals surface area contributed by atoms with Crippen molar-refractivity contribution in [1.82, 2.24) is 4.90 Å². The Hall–Kier alpha value is -1.84. The molecule has 3 rings (SSSR count). The number of hydrogen-bond acceptors (Lipinski definition) is 3. The van der Waals surface area contributed by atoms with Crippen LogP contribution in [0.5, 0.6) is 0 Å². The lowest BCUT2D eigenvalue weighted by molar-refractivity contribution is -0.155. The first-order valence-electron chi connectivity index (χ1n) is 7.13. The summed E-state index contributed by atoms with van der Waals surface area (Å²) in [6.45, 7) is 1.53. The van der Waals surface area contributed by atoms with Gasteiger partial charge in [0.05, 0.1) is 7.11 Å². The number of rotatable bonds is 3. The van der Waals surface area contributed by atoms with Crippen molar-refractivity contribution >= 4 is 11.9 Å². The highest BCUT2D eigenvalue weighted by Gasteiger charge is 2.68. The molecule has 1 aromatic rings. The van der Waals surface area contributed by atoms with Crippen LogP contribution in [-0.2, 0) is 14.3 Å². The van der Waals surface area contributed by atoms with Crippen LogP contribution < -0.4 is 0 Å². The van der Waals surface area contributed by atoms with Crippen LogP contribution in [0.1, 0.15) is 30.7 Å². The third-order valence-electron chi connectivity index (χ3n) is 4.49. The Bertz CT molecular complexity index is 522. The molecule has 2 atom stereocenters. The monoisotopic (exact) mass is 273 g/mol. The van der Waals surface area contributed by atoms with Crippen molar-refractivity contribution in [2.24, 2.45) is 5.41 Å². The number of nitrogens with zero attached hydrogens (tertiary/aromatic N) is 1. The van der Waals surface area contributed by atoms with Gasteiger partial charge >= 0.3 is 5.97 Å². The molecule has 1 amide bonds. The number of carbonyl (C=O) groups is 2. The SMILES string of the molecule is COC(=O)[C@]1(C(=O)N2CCCC2)C[C@@H]1c1ccccc1. The lowest BCUT2D eigenvalue weighted by Crippen LogP contribution is -2.40. The molecule has 2 aliphatic rings. The van der Waals surface area contributed by atoms with E-state index in [0.717, 1.165) is 31.5 Å². The normalized spacial score (nSPS) is 28.2. The second-order valence-electron chi connectivity index (χ2n) is 5.63. The van der Waals surface area contributed by atoms with Crippen LogP contribution in [0, 0.1) is 5.41 Å². The maximum Gasteiger partial charge on any atom is 0.322 e. The minimum atomic E-state index is -0.972. The van der Waals surface area contributed by atoms with Crippen molar-refractivity contribution in [3.05, 3.63) is 35.9 Å². The summed E-state index contributed by atoms with van der Waals surface area (Å²) in [5.74, 6) is -0.469. The van der Waals surface area contributed by atoms with Gasteiger partial charge in [0.25, 0.3) is 0 Å². The van der Waals surface area contributed by atoms with Crippen LogP contribution in [0.2, 0.25) is 0 Å². The van der Waals surface area contributed by atoms with Crippen molar-refractivity contribution in [3.63, 3.8) is 0 Å². The van der Waals surface area contributed by atoms with E-state index in [-0.39, 0.29) is 17.8 Å². The van der Waals surface area contributed by atoms with E-state index in [1.807, 2.05) is 35.2 Å². The zero-order valence-electron chi connectivity index (χ0n) is 11.7. The summed E-state index contributed by atoms with van der Waals surface area (Å²) in [6, 6.07) is 9.78. The minimum absolute atomic E-state index is 0.0377. The molecular formula is C16H19NO3. The highest BCUT2D eigenvalue weighted by atomic mass is 16.5. The van der Waals surface area contributed by atoms with Crippen LogP contribution >= 0.6 is 0 Å². The van der Waals surface area contributed by atoms with Gasteiger partial charge in [0, 0.05) is 19.0 Å².